The third-order valence-corrected chi connectivity index (χ3v) is 6.17. The quantitative estimate of drug-likeness (QED) is 0.823. The fourth-order valence-electron chi connectivity index (χ4n) is 3.50. The summed E-state index contributed by atoms with van der Waals surface area (Å²) < 4.78 is 67.3. The maximum atomic E-state index is 15.0. The molecule has 10 heteroatoms. The van der Waals surface area contributed by atoms with Gasteiger partial charge in [-0.2, -0.15) is 8.42 Å². The second kappa shape index (κ2) is 6.33. The lowest BCUT2D eigenvalue weighted by Gasteiger charge is -2.28. The number of hydrogen-bond acceptors (Lipinski definition) is 4. The highest BCUT2D eigenvalue weighted by Gasteiger charge is 2.39. The number of aromatic hydroxyl groups is 1. The van der Waals surface area contributed by atoms with Gasteiger partial charge in [-0.3, -0.25) is 4.79 Å². The fourth-order valence-corrected chi connectivity index (χ4v) is 4.66. The monoisotopic (exact) mass is 392 g/mol. The number of hydrogen-bond donors (Lipinski definition) is 2. The number of amides is 1. The molecule has 1 atom stereocenters. The van der Waals surface area contributed by atoms with E-state index in [0.29, 0.717) is 22.7 Å². The van der Waals surface area contributed by atoms with Crippen molar-refractivity contribution in [3.05, 3.63) is 23.0 Å². The Hall–Kier alpha value is -1.97. The molecule has 0 bridgehead atoms. The molecule has 0 spiro atoms. The molecule has 1 aliphatic heterocycles. The van der Waals surface area contributed by atoms with Crippen LogP contribution in [0.3, 0.4) is 0 Å². The number of benzene rings is 1. The van der Waals surface area contributed by atoms with Gasteiger partial charge in [0.2, 0.25) is 5.92 Å². The Morgan fingerprint density at radius 1 is 1.42 bits per heavy atom. The summed E-state index contributed by atoms with van der Waals surface area (Å²) in [6.07, 6.45) is 1.09. The zero-order valence-electron chi connectivity index (χ0n) is 14.1. The molecule has 144 valence electrons. The first-order valence-corrected chi connectivity index (χ1v) is 9.66. The van der Waals surface area contributed by atoms with Crippen LogP contribution in [0.15, 0.2) is 6.07 Å². The molecule has 0 radical (unpaired) electrons. The lowest BCUT2D eigenvalue weighted by molar-refractivity contribution is -0.117. The van der Waals surface area contributed by atoms with Crippen molar-refractivity contribution in [2.45, 2.75) is 45.0 Å². The van der Waals surface area contributed by atoms with Gasteiger partial charge in [-0.1, -0.05) is 0 Å². The van der Waals surface area contributed by atoms with E-state index in [-0.39, 0.29) is 30.7 Å². The highest BCUT2D eigenvalue weighted by atomic mass is 32.2. The smallest absolute Gasteiger partial charge is 0.326 e. The SMILES string of the molecule is CC(F)(F)CCC1CCc2cc(O)c(N3CC(=O)NS3(=O)=O)c(F)c2C1. The van der Waals surface area contributed by atoms with Gasteiger partial charge >= 0.3 is 10.2 Å². The zero-order chi connectivity index (χ0) is 19.3. The average molecular weight is 392 g/mol. The summed E-state index contributed by atoms with van der Waals surface area (Å²) in [5.41, 5.74) is 0.158. The van der Waals surface area contributed by atoms with Crippen LogP contribution in [0.4, 0.5) is 18.9 Å². The number of phenolic OH excluding ortho intramolecular Hbond substituents is 1. The molecule has 1 aromatic carbocycles. The summed E-state index contributed by atoms with van der Waals surface area (Å²) >= 11 is 0. The van der Waals surface area contributed by atoms with Crippen molar-refractivity contribution >= 4 is 21.8 Å². The standard InChI is InChI=1S/C16H19F3N2O4S/c1-16(18,19)5-4-9-2-3-10-7-12(22)15(14(17)11(10)6-9)21-8-13(23)20-26(21,24)25/h7,9,22H,2-6,8H2,1H3,(H,20,23). The number of halogens is 3. The molecular weight excluding hydrogens is 373 g/mol. The number of anilines is 1. The Morgan fingerprint density at radius 2 is 2.12 bits per heavy atom. The molecule has 1 saturated heterocycles. The van der Waals surface area contributed by atoms with Gasteiger partial charge in [-0.05, 0) is 55.7 Å². The summed E-state index contributed by atoms with van der Waals surface area (Å²) in [7, 11) is -4.27. The molecule has 3 rings (SSSR count). The van der Waals surface area contributed by atoms with E-state index < -0.39 is 45.8 Å². The summed E-state index contributed by atoms with van der Waals surface area (Å²) in [6.45, 7) is 0.208. The fraction of sp³-hybridized carbons (Fsp3) is 0.562. The number of phenols is 1. The lowest BCUT2D eigenvalue weighted by Crippen LogP contribution is -2.31. The van der Waals surface area contributed by atoms with Gasteiger partial charge in [0.05, 0.1) is 0 Å². The van der Waals surface area contributed by atoms with E-state index >= 15 is 4.39 Å². The van der Waals surface area contributed by atoms with Crippen LogP contribution < -0.4 is 9.03 Å². The average Bonchev–Trinajstić information content (AvgIpc) is 2.77. The number of carbonyl (C=O) groups excluding carboxylic acids is 1. The first-order chi connectivity index (χ1) is 12.0. The maximum Gasteiger partial charge on any atom is 0.326 e. The summed E-state index contributed by atoms with van der Waals surface area (Å²) in [4.78, 5) is 11.4. The summed E-state index contributed by atoms with van der Waals surface area (Å²) in [5.74, 6) is -5.28. The molecule has 1 fully saturated rings. The maximum absolute atomic E-state index is 15.0. The Kier molecular flexibility index (Phi) is 4.58. The van der Waals surface area contributed by atoms with Gasteiger partial charge in [-0.25, -0.2) is 22.2 Å². The molecular formula is C16H19F3N2O4S. The van der Waals surface area contributed by atoms with E-state index in [0.717, 1.165) is 6.92 Å². The summed E-state index contributed by atoms with van der Waals surface area (Å²) in [6, 6.07) is 1.29. The number of rotatable bonds is 4. The van der Waals surface area contributed by atoms with Crippen molar-refractivity contribution in [3.8, 4) is 5.75 Å². The second-order valence-electron chi connectivity index (χ2n) is 6.95. The van der Waals surface area contributed by atoms with Crippen LogP contribution >= 0.6 is 0 Å². The first-order valence-electron chi connectivity index (χ1n) is 8.22. The number of carbonyl (C=O) groups is 1. The second-order valence-corrected chi connectivity index (χ2v) is 8.55. The van der Waals surface area contributed by atoms with E-state index in [1.54, 1.807) is 4.72 Å². The number of alkyl halides is 2. The Labute approximate surface area is 149 Å². The third-order valence-electron chi connectivity index (χ3n) is 4.79. The molecule has 1 amide bonds. The van der Waals surface area contributed by atoms with Crippen LogP contribution in [0.5, 0.6) is 5.75 Å². The van der Waals surface area contributed by atoms with E-state index in [2.05, 4.69) is 0 Å². The molecule has 6 nitrogen and oxygen atoms in total. The van der Waals surface area contributed by atoms with Gasteiger partial charge in [-0.15, -0.1) is 0 Å². The van der Waals surface area contributed by atoms with Crippen LogP contribution in [-0.2, 0) is 27.8 Å². The Bertz CT molecular complexity index is 852. The molecule has 1 heterocycles. The highest BCUT2D eigenvalue weighted by molar-refractivity contribution is 7.92. The topological polar surface area (TPSA) is 86.7 Å². The summed E-state index contributed by atoms with van der Waals surface area (Å²) in [5, 5.41) is 10.1. The van der Waals surface area contributed by atoms with Crippen molar-refractivity contribution in [3.63, 3.8) is 0 Å². The third kappa shape index (κ3) is 3.60. The minimum atomic E-state index is -4.27. The van der Waals surface area contributed by atoms with Crippen LogP contribution in [0.1, 0.15) is 37.3 Å². The van der Waals surface area contributed by atoms with E-state index in [1.165, 1.54) is 6.07 Å². The van der Waals surface area contributed by atoms with Gasteiger partial charge in [0, 0.05) is 6.42 Å². The minimum Gasteiger partial charge on any atom is -0.506 e. The molecule has 1 unspecified atom stereocenters. The van der Waals surface area contributed by atoms with Crippen molar-refractivity contribution in [1.29, 1.82) is 0 Å². The molecule has 0 aromatic heterocycles. The molecule has 2 aliphatic rings. The van der Waals surface area contributed by atoms with Crippen LogP contribution in [-0.4, -0.2) is 31.9 Å². The number of fused-ring (bicyclic) bond motifs is 1. The van der Waals surface area contributed by atoms with E-state index in [1.807, 2.05) is 0 Å². The van der Waals surface area contributed by atoms with Gasteiger partial charge in [0.1, 0.15) is 18.0 Å². The van der Waals surface area contributed by atoms with Crippen LogP contribution in [0.2, 0.25) is 0 Å². The van der Waals surface area contributed by atoms with Crippen molar-refractivity contribution in [1.82, 2.24) is 4.72 Å². The normalized spacial score (nSPS) is 22.2. The van der Waals surface area contributed by atoms with Gasteiger partial charge in [0.15, 0.2) is 5.82 Å². The molecule has 1 aliphatic carbocycles. The number of nitrogens with one attached hydrogen (secondary N) is 1. The molecule has 2 N–H and O–H groups in total. The van der Waals surface area contributed by atoms with Crippen molar-refractivity contribution in [2.24, 2.45) is 5.92 Å². The van der Waals surface area contributed by atoms with Crippen molar-refractivity contribution in [2.75, 3.05) is 10.8 Å². The van der Waals surface area contributed by atoms with E-state index in [4.69, 9.17) is 0 Å². The molecule has 0 saturated carbocycles. The Balaban J connectivity index is 1.93. The van der Waals surface area contributed by atoms with Gasteiger partial charge < -0.3 is 5.11 Å². The Morgan fingerprint density at radius 3 is 2.69 bits per heavy atom. The van der Waals surface area contributed by atoms with Crippen molar-refractivity contribution < 1.29 is 31.5 Å². The minimum absolute atomic E-state index is 0.157. The number of nitrogens with zero attached hydrogens (tertiary/aromatic N) is 1. The van der Waals surface area contributed by atoms with E-state index in [9.17, 15) is 27.1 Å². The highest BCUT2D eigenvalue weighted by Crippen LogP contribution is 2.41. The van der Waals surface area contributed by atoms with Crippen LogP contribution in [0, 0.1) is 11.7 Å². The predicted octanol–water partition coefficient (Wildman–Crippen LogP) is 2.25. The van der Waals surface area contributed by atoms with Gasteiger partial charge in [0.25, 0.3) is 5.91 Å². The lowest BCUT2D eigenvalue weighted by atomic mass is 9.80. The predicted molar refractivity (Wildman–Crippen MR) is 87.8 cm³/mol. The molecule has 26 heavy (non-hydrogen) atoms. The van der Waals surface area contributed by atoms with Crippen LogP contribution in [0.25, 0.3) is 0 Å². The first kappa shape index (κ1) is 18.8. The largest absolute Gasteiger partial charge is 0.506 e. The number of aryl methyl sites for hydroxylation is 1. The zero-order valence-corrected chi connectivity index (χ0v) is 14.9. The molecule has 1 aromatic rings.